The number of hydrogen-bond acceptors (Lipinski definition) is 10. The lowest BCUT2D eigenvalue weighted by Gasteiger charge is -2.25. The second kappa shape index (κ2) is 10.0. The summed E-state index contributed by atoms with van der Waals surface area (Å²) < 4.78 is 39.7. The van der Waals surface area contributed by atoms with Gasteiger partial charge in [0.15, 0.2) is 14.6 Å². The third-order valence-electron chi connectivity index (χ3n) is 4.92. The molecule has 0 bridgehead atoms. The molecular formula is C15H25N3O9P2. The number of hydrogen-bond donors (Lipinski definition) is 2. The minimum Gasteiger partial charge on any atom is -0.374 e. The van der Waals surface area contributed by atoms with Gasteiger partial charge in [0.05, 0.1) is 6.10 Å². The fourth-order valence-corrected chi connectivity index (χ4v) is 5.83. The van der Waals surface area contributed by atoms with Gasteiger partial charge >= 0.3 is 14.3 Å². The van der Waals surface area contributed by atoms with Crippen LogP contribution in [0.2, 0.25) is 0 Å². The molecule has 1 saturated heterocycles. The summed E-state index contributed by atoms with van der Waals surface area (Å²) in [6, 6.07) is 1.24. The van der Waals surface area contributed by atoms with E-state index in [0.717, 1.165) is 6.42 Å². The van der Waals surface area contributed by atoms with Gasteiger partial charge in [-0.25, -0.2) is 15.3 Å². The fraction of sp³-hybridized carbons (Fsp3) is 0.733. The Balaban J connectivity index is 1.90. The van der Waals surface area contributed by atoms with E-state index in [0.29, 0.717) is 0 Å². The highest BCUT2D eigenvalue weighted by molar-refractivity contribution is 7.48. The Hall–Kier alpha value is -0.780. The van der Waals surface area contributed by atoms with E-state index in [1.165, 1.54) is 31.0 Å². The summed E-state index contributed by atoms with van der Waals surface area (Å²) in [5, 5.41) is 0. The zero-order valence-electron chi connectivity index (χ0n) is 16.4. The molecule has 3 N–H and O–H groups in total. The minimum atomic E-state index is -1.85. The maximum atomic E-state index is 12.3. The van der Waals surface area contributed by atoms with Gasteiger partial charge in [-0.1, -0.05) is 0 Å². The molecule has 0 amide bonds. The molecule has 14 heteroatoms. The van der Waals surface area contributed by atoms with Gasteiger partial charge in [-0.2, -0.15) is 0 Å². The molecule has 3 rings (SSSR count). The third-order valence-corrected chi connectivity index (χ3v) is 7.66. The number of methoxy groups -OCH3 is 1. The summed E-state index contributed by atoms with van der Waals surface area (Å²) in [4.78, 5) is 26.0. The average molecular weight is 453 g/mol. The molecule has 164 valence electrons. The molecule has 12 nitrogen and oxygen atoms in total. The number of rotatable bonds is 10. The first kappa shape index (κ1) is 22.9. The Bertz CT molecular complexity index is 785. The number of H-pyrrole nitrogens is 1. The first-order valence-corrected chi connectivity index (χ1v) is 11.1. The SMILES string of the molecule is COC1C(OP(OC)ON)C(C2CC2P(OC)OC)OC1n1ccc(=O)[nH]c1=O. The molecule has 1 aliphatic heterocycles. The maximum Gasteiger partial charge on any atom is 0.350 e. The van der Waals surface area contributed by atoms with E-state index in [9.17, 15) is 9.59 Å². The highest BCUT2D eigenvalue weighted by Crippen LogP contribution is 2.62. The smallest absolute Gasteiger partial charge is 0.350 e. The number of nitrogens with two attached hydrogens (primary N) is 1. The minimum absolute atomic E-state index is 0.0543. The number of aromatic amines is 1. The molecule has 7 unspecified atom stereocenters. The average Bonchev–Trinajstić information content (AvgIpc) is 3.41. The molecule has 29 heavy (non-hydrogen) atoms. The Kier molecular flexibility index (Phi) is 7.91. The summed E-state index contributed by atoms with van der Waals surface area (Å²) in [5.41, 5.74) is -0.973. The van der Waals surface area contributed by atoms with E-state index >= 15 is 0 Å². The van der Waals surface area contributed by atoms with E-state index in [-0.39, 0.29) is 11.6 Å². The molecule has 2 aliphatic rings. The van der Waals surface area contributed by atoms with Crippen molar-refractivity contribution in [2.75, 3.05) is 28.4 Å². The van der Waals surface area contributed by atoms with Gasteiger partial charge in [0, 0.05) is 46.4 Å². The number of ether oxygens (including phenoxy) is 2. The summed E-state index contributed by atoms with van der Waals surface area (Å²) in [7, 11) is 3.16. The molecule has 1 aliphatic carbocycles. The summed E-state index contributed by atoms with van der Waals surface area (Å²) in [6.07, 6.45) is -0.453. The van der Waals surface area contributed by atoms with Crippen LogP contribution < -0.4 is 17.1 Å². The molecule has 2 heterocycles. The second-order valence-corrected chi connectivity index (χ2v) is 9.61. The van der Waals surface area contributed by atoms with Gasteiger partial charge in [-0.15, -0.1) is 0 Å². The molecule has 7 atom stereocenters. The summed E-state index contributed by atoms with van der Waals surface area (Å²) in [5.74, 6) is 5.31. The van der Waals surface area contributed by atoms with Gasteiger partial charge in [0.2, 0.25) is 0 Å². The first-order chi connectivity index (χ1) is 14.0. The van der Waals surface area contributed by atoms with E-state index in [2.05, 4.69) is 4.98 Å². The largest absolute Gasteiger partial charge is 0.374 e. The normalized spacial score (nSPS) is 32.6. The number of aromatic nitrogens is 2. The van der Waals surface area contributed by atoms with Crippen LogP contribution in [0.15, 0.2) is 21.9 Å². The van der Waals surface area contributed by atoms with Crippen LogP contribution >= 0.6 is 17.0 Å². The Morgan fingerprint density at radius 1 is 1.17 bits per heavy atom. The van der Waals surface area contributed by atoms with Crippen molar-refractivity contribution in [2.24, 2.45) is 11.8 Å². The monoisotopic (exact) mass is 453 g/mol. The summed E-state index contributed by atoms with van der Waals surface area (Å²) >= 11 is 0. The lowest BCUT2D eigenvalue weighted by atomic mass is 10.1. The topological polar surface area (TPSA) is 145 Å². The Morgan fingerprint density at radius 3 is 2.45 bits per heavy atom. The highest BCUT2D eigenvalue weighted by Gasteiger charge is 2.59. The van der Waals surface area contributed by atoms with Crippen LogP contribution in [-0.4, -0.2) is 62.0 Å². The van der Waals surface area contributed by atoms with Crippen molar-refractivity contribution in [3.05, 3.63) is 33.1 Å². The summed E-state index contributed by atoms with van der Waals surface area (Å²) in [6.45, 7) is 0. The number of nitrogens with zero attached hydrogens (tertiary/aromatic N) is 1. The van der Waals surface area contributed by atoms with Crippen LogP contribution in [0, 0.1) is 5.92 Å². The Labute approximate surface area is 169 Å². The van der Waals surface area contributed by atoms with E-state index < -0.39 is 52.8 Å². The van der Waals surface area contributed by atoms with Crippen molar-refractivity contribution in [1.82, 2.24) is 9.55 Å². The lowest BCUT2D eigenvalue weighted by Crippen LogP contribution is -2.39. The molecular weight excluding hydrogens is 428 g/mol. The van der Waals surface area contributed by atoms with Crippen LogP contribution in [0.25, 0.3) is 0 Å². The van der Waals surface area contributed by atoms with E-state index in [1.54, 1.807) is 14.2 Å². The fourth-order valence-electron chi connectivity index (χ4n) is 3.58. The van der Waals surface area contributed by atoms with Crippen molar-refractivity contribution in [1.29, 1.82) is 0 Å². The quantitative estimate of drug-likeness (QED) is 0.381. The molecule has 1 saturated carbocycles. The standard InChI is InChI=1S/C15H25N3O9P2/c1-21-13-12(26-29(24-4)27-16)11(8-7-9(8)28(22-2)23-3)25-14(13)18-6-5-10(19)17-15(18)20/h5-6,8-9,11-14H,7,16H2,1-4H3,(H,17,19,20). The predicted molar refractivity (Wildman–Crippen MR) is 103 cm³/mol. The zero-order valence-corrected chi connectivity index (χ0v) is 18.2. The predicted octanol–water partition coefficient (Wildman–Crippen LogP) is 0.591. The van der Waals surface area contributed by atoms with Gasteiger partial charge in [-0.05, 0) is 12.3 Å². The molecule has 1 aromatic rings. The van der Waals surface area contributed by atoms with Crippen LogP contribution in [0.4, 0.5) is 0 Å². The van der Waals surface area contributed by atoms with Gasteiger partial charge < -0.3 is 27.6 Å². The number of nitrogens with one attached hydrogen (secondary N) is 1. The molecule has 0 radical (unpaired) electrons. The van der Waals surface area contributed by atoms with Gasteiger partial charge in [0.1, 0.15) is 12.2 Å². The van der Waals surface area contributed by atoms with Gasteiger partial charge in [-0.3, -0.25) is 14.3 Å². The second-order valence-electron chi connectivity index (χ2n) is 6.41. The Morgan fingerprint density at radius 2 is 1.90 bits per heavy atom. The van der Waals surface area contributed by atoms with Crippen LogP contribution in [0.1, 0.15) is 12.6 Å². The lowest BCUT2D eigenvalue weighted by molar-refractivity contribution is -0.0571. The molecule has 2 fully saturated rings. The van der Waals surface area contributed by atoms with Crippen LogP contribution in [-0.2, 0) is 32.2 Å². The third kappa shape index (κ3) is 4.77. The molecule has 0 spiro atoms. The van der Waals surface area contributed by atoms with Crippen molar-refractivity contribution in [3.63, 3.8) is 0 Å². The molecule has 0 aromatic carbocycles. The van der Waals surface area contributed by atoms with E-state index in [4.69, 9.17) is 38.1 Å². The highest BCUT2D eigenvalue weighted by atomic mass is 31.2. The van der Waals surface area contributed by atoms with Crippen molar-refractivity contribution < 1.29 is 32.2 Å². The van der Waals surface area contributed by atoms with Crippen molar-refractivity contribution >= 4 is 17.0 Å². The first-order valence-electron chi connectivity index (χ1n) is 8.74. The van der Waals surface area contributed by atoms with Gasteiger partial charge in [0.25, 0.3) is 5.56 Å². The van der Waals surface area contributed by atoms with Crippen molar-refractivity contribution in [2.45, 2.75) is 36.6 Å². The van der Waals surface area contributed by atoms with Crippen molar-refractivity contribution in [3.8, 4) is 0 Å². The molecule has 1 aromatic heterocycles. The van der Waals surface area contributed by atoms with Crippen LogP contribution in [0.5, 0.6) is 0 Å². The van der Waals surface area contributed by atoms with E-state index in [1.807, 2.05) is 0 Å². The van der Waals surface area contributed by atoms with Crippen LogP contribution in [0.3, 0.4) is 0 Å². The maximum absolute atomic E-state index is 12.3. The zero-order chi connectivity index (χ0) is 21.1.